The van der Waals surface area contributed by atoms with Crippen molar-refractivity contribution in [1.29, 1.82) is 0 Å². The molecule has 1 fully saturated rings. The molecule has 1 aliphatic carbocycles. The molecule has 106 valence electrons. The number of anilines is 2. The van der Waals surface area contributed by atoms with Gasteiger partial charge < -0.3 is 15.8 Å². The van der Waals surface area contributed by atoms with Crippen molar-refractivity contribution in [3.8, 4) is 5.75 Å². The van der Waals surface area contributed by atoms with Gasteiger partial charge in [-0.3, -0.25) is 0 Å². The molecule has 0 heterocycles. The van der Waals surface area contributed by atoms with E-state index < -0.39 is 0 Å². The molecule has 0 amide bonds. The second-order valence-corrected chi connectivity index (χ2v) is 6.33. The number of hydrogen-bond donors (Lipinski definition) is 2. The van der Waals surface area contributed by atoms with Crippen LogP contribution in [-0.2, 0) is 0 Å². The Hall–Kier alpha value is -1.38. The SMILES string of the molecule is CCOc1cc(N)cc(NC2CCCC(C)(C)C2)c1. The Labute approximate surface area is 116 Å². The Morgan fingerprint density at radius 2 is 2.16 bits per heavy atom. The van der Waals surface area contributed by atoms with Crippen molar-refractivity contribution >= 4 is 11.4 Å². The summed E-state index contributed by atoms with van der Waals surface area (Å²) in [5, 5.41) is 3.62. The van der Waals surface area contributed by atoms with Crippen LogP contribution < -0.4 is 15.8 Å². The standard InChI is InChI=1S/C16H26N2O/c1-4-19-15-9-12(17)8-14(10-15)18-13-6-5-7-16(2,3)11-13/h8-10,13,18H,4-7,11,17H2,1-3H3. The summed E-state index contributed by atoms with van der Waals surface area (Å²) in [5.74, 6) is 0.847. The molecule has 0 spiro atoms. The fourth-order valence-electron chi connectivity index (χ4n) is 3.01. The molecule has 2 rings (SSSR count). The molecule has 0 saturated heterocycles. The highest BCUT2D eigenvalue weighted by Gasteiger charge is 2.27. The number of hydrogen-bond acceptors (Lipinski definition) is 3. The van der Waals surface area contributed by atoms with Gasteiger partial charge in [-0.1, -0.05) is 20.3 Å². The summed E-state index contributed by atoms with van der Waals surface area (Å²) in [5.41, 5.74) is 8.20. The Bertz CT molecular complexity index is 429. The topological polar surface area (TPSA) is 47.3 Å². The summed E-state index contributed by atoms with van der Waals surface area (Å²) in [4.78, 5) is 0. The number of nitrogens with two attached hydrogens (primary N) is 1. The Morgan fingerprint density at radius 1 is 1.37 bits per heavy atom. The predicted octanol–water partition coefficient (Wildman–Crippen LogP) is 4.05. The van der Waals surface area contributed by atoms with Gasteiger partial charge in [-0.15, -0.1) is 0 Å². The van der Waals surface area contributed by atoms with E-state index >= 15 is 0 Å². The lowest BCUT2D eigenvalue weighted by atomic mass is 9.75. The van der Waals surface area contributed by atoms with Crippen LogP contribution in [0.25, 0.3) is 0 Å². The number of nitrogens with one attached hydrogen (secondary N) is 1. The van der Waals surface area contributed by atoms with E-state index in [0.717, 1.165) is 17.1 Å². The van der Waals surface area contributed by atoms with E-state index in [1.807, 2.05) is 25.1 Å². The highest BCUT2D eigenvalue weighted by Crippen LogP contribution is 2.36. The molecular formula is C16H26N2O. The van der Waals surface area contributed by atoms with Gasteiger partial charge in [-0.05, 0) is 37.7 Å². The number of rotatable bonds is 4. The van der Waals surface area contributed by atoms with E-state index in [2.05, 4.69) is 19.2 Å². The Balaban J connectivity index is 2.06. The maximum atomic E-state index is 5.93. The summed E-state index contributed by atoms with van der Waals surface area (Å²) in [7, 11) is 0. The minimum atomic E-state index is 0.443. The van der Waals surface area contributed by atoms with E-state index in [9.17, 15) is 0 Å². The lowest BCUT2D eigenvalue weighted by Crippen LogP contribution is -2.31. The highest BCUT2D eigenvalue weighted by molar-refractivity contribution is 5.59. The summed E-state index contributed by atoms with van der Waals surface area (Å²) < 4.78 is 5.54. The first-order chi connectivity index (χ1) is 8.98. The number of benzene rings is 1. The van der Waals surface area contributed by atoms with Gasteiger partial charge in [-0.25, -0.2) is 0 Å². The van der Waals surface area contributed by atoms with Gasteiger partial charge in [0.25, 0.3) is 0 Å². The first-order valence-corrected chi connectivity index (χ1v) is 7.28. The quantitative estimate of drug-likeness (QED) is 0.805. The third kappa shape index (κ3) is 4.05. The van der Waals surface area contributed by atoms with Gasteiger partial charge in [0.05, 0.1) is 6.61 Å². The van der Waals surface area contributed by atoms with Crippen molar-refractivity contribution in [3.05, 3.63) is 18.2 Å². The zero-order valence-corrected chi connectivity index (χ0v) is 12.3. The summed E-state index contributed by atoms with van der Waals surface area (Å²) in [6.45, 7) is 7.36. The van der Waals surface area contributed by atoms with Crippen molar-refractivity contribution in [3.63, 3.8) is 0 Å². The van der Waals surface area contributed by atoms with Crippen LogP contribution in [0.3, 0.4) is 0 Å². The summed E-state index contributed by atoms with van der Waals surface area (Å²) in [6, 6.07) is 6.45. The molecule has 1 unspecified atom stereocenters. The molecule has 19 heavy (non-hydrogen) atoms. The van der Waals surface area contributed by atoms with Crippen molar-refractivity contribution < 1.29 is 4.74 Å². The van der Waals surface area contributed by atoms with Crippen LogP contribution in [0.2, 0.25) is 0 Å². The van der Waals surface area contributed by atoms with E-state index in [-0.39, 0.29) is 0 Å². The maximum absolute atomic E-state index is 5.93. The largest absolute Gasteiger partial charge is 0.494 e. The van der Waals surface area contributed by atoms with Crippen molar-refractivity contribution in [1.82, 2.24) is 0 Å². The fourth-order valence-corrected chi connectivity index (χ4v) is 3.01. The second kappa shape index (κ2) is 5.72. The van der Waals surface area contributed by atoms with Gasteiger partial charge in [-0.2, -0.15) is 0 Å². The van der Waals surface area contributed by atoms with Gasteiger partial charge >= 0.3 is 0 Å². The van der Waals surface area contributed by atoms with Gasteiger partial charge in [0.2, 0.25) is 0 Å². The first kappa shape index (κ1) is 14.0. The lowest BCUT2D eigenvalue weighted by Gasteiger charge is -2.36. The molecule has 3 nitrogen and oxygen atoms in total. The number of ether oxygens (including phenoxy) is 1. The molecule has 0 aliphatic heterocycles. The van der Waals surface area contributed by atoms with Crippen LogP contribution in [0.1, 0.15) is 46.5 Å². The van der Waals surface area contributed by atoms with Crippen molar-refractivity contribution in [2.24, 2.45) is 5.41 Å². The van der Waals surface area contributed by atoms with Gasteiger partial charge in [0.1, 0.15) is 5.75 Å². The highest BCUT2D eigenvalue weighted by atomic mass is 16.5. The van der Waals surface area contributed by atoms with Gasteiger partial charge in [0.15, 0.2) is 0 Å². The molecule has 0 bridgehead atoms. The fraction of sp³-hybridized carbons (Fsp3) is 0.625. The van der Waals surface area contributed by atoms with Crippen LogP contribution in [0.4, 0.5) is 11.4 Å². The molecule has 1 aliphatic rings. The Morgan fingerprint density at radius 3 is 2.84 bits per heavy atom. The molecular weight excluding hydrogens is 236 g/mol. The average Bonchev–Trinajstić information content (AvgIpc) is 2.26. The monoisotopic (exact) mass is 262 g/mol. The minimum Gasteiger partial charge on any atom is -0.494 e. The summed E-state index contributed by atoms with van der Waals surface area (Å²) in [6.07, 6.45) is 5.07. The van der Waals surface area contributed by atoms with Crippen LogP contribution in [0.5, 0.6) is 5.75 Å². The molecule has 1 saturated carbocycles. The Kier molecular flexibility index (Phi) is 4.23. The van der Waals surface area contributed by atoms with E-state index in [1.54, 1.807) is 0 Å². The maximum Gasteiger partial charge on any atom is 0.123 e. The van der Waals surface area contributed by atoms with Crippen molar-refractivity contribution in [2.45, 2.75) is 52.5 Å². The van der Waals surface area contributed by atoms with Crippen LogP contribution >= 0.6 is 0 Å². The molecule has 0 radical (unpaired) electrons. The predicted molar refractivity (Wildman–Crippen MR) is 81.7 cm³/mol. The van der Waals surface area contributed by atoms with Crippen molar-refractivity contribution in [2.75, 3.05) is 17.7 Å². The molecule has 1 atom stereocenters. The minimum absolute atomic E-state index is 0.443. The first-order valence-electron chi connectivity index (χ1n) is 7.28. The molecule has 3 N–H and O–H groups in total. The lowest BCUT2D eigenvalue weighted by molar-refractivity contribution is 0.229. The second-order valence-electron chi connectivity index (χ2n) is 6.33. The third-order valence-electron chi connectivity index (χ3n) is 3.82. The smallest absolute Gasteiger partial charge is 0.123 e. The number of nitrogen functional groups attached to an aromatic ring is 1. The van der Waals surface area contributed by atoms with Crippen LogP contribution in [0, 0.1) is 5.41 Å². The zero-order valence-electron chi connectivity index (χ0n) is 12.3. The molecule has 3 heteroatoms. The average molecular weight is 262 g/mol. The molecule has 0 aromatic heterocycles. The summed E-state index contributed by atoms with van der Waals surface area (Å²) >= 11 is 0. The van der Waals surface area contributed by atoms with E-state index in [4.69, 9.17) is 10.5 Å². The zero-order chi connectivity index (χ0) is 13.9. The molecule has 1 aromatic carbocycles. The van der Waals surface area contributed by atoms with Crippen LogP contribution in [-0.4, -0.2) is 12.6 Å². The van der Waals surface area contributed by atoms with E-state index in [0.29, 0.717) is 18.1 Å². The van der Waals surface area contributed by atoms with E-state index in [1.165, 1.54) is 25.7 Å². The molecule has 1 aromatic rings. The third-order valence-corrected chi connectivity index (χ3v) is 3.82. The van der Waals surface area contributed by atoms with Gasteiger partial charge in [0, 0.05) is 29.5 Å². The van der Waals surface area contributed by atoms with Crippen LogP contribution in [0.15, 0.2) is 18.2 Å². The normalized spacial score (nSPS) is 21.9.